The van der Waals surface area contributed by atoms with E-state index in [1.165, 1.54) is 50.4 Å². The van der Waals surface area contributed by atoms with Crippen molar-refractivity contribution in [3.8, 4) is 17.1 Å². The summed E-state index contributed by atoms with van der Waals surface area (Å²) in [5.41, 5.74) is 2.14. The van der Waals surface area contributed by atoms with Gasteiger partial charge in [-0.15, -0.1) is 0 Å². The number of rotatable bonds is 7. The van der Waals surface area contributed by atoms with E-state index < -0.39 is 76.0 Å². The Morgan fingerprint density at radius 1 is 1.00 bits per heavy atom. The van der Waals surface area contributed by atoms with Crippen LogP contribution in [0.3, 0.4) is 0 Å². The van der Waals surface area contributed by atoms with Gasteiger partial charge in [-0.2, -0.15) is 0 Å². The van der Waals surface area contributed by atoms with E-state index in [2.05, 4.69) is 4.98 Å². The minimum Gasteiger partial charge on any atom is -0.482 e. The molecule has 2 aliphatic carbocycles. The standard InChI is InChI=1S/C37H40N2O11/c1-19(40)46-18-36(4)26-16-28(49-33(44)22-10-8-21(9-11-22)32(38)43)37(5)31(35(26,3)13-12-27(36)47-20(2)41)30(42)29-25(50-37)15-24(48-34(29)45)23-7-6-14-39-17-23/h6-11,14-15,17,26-28,30-31,42H,12-13,16,18H2,1-5H3,(H2,38,43)/t26?,27?,28-,30-,31?,35-,36?,37+/m0/s1. The van der Waals surface area contributed by atoms with E-state index in [-0.39, 0.29) is 41.2 Å². The molecule has 3 N–H and O–H groups in total. The predicted molar refractivity (Wildman–Crippen MR) is 176 cm³/mol. The number of nitrogens with zero attached hydrogens (tertiary/aromatic N) is 1. The summed E-state index contributed by atoms with van der Waals surface area (Å²) in [7, 11) is 0. The van der Waals surface area contributed by atoms with Crippen molar-refractivity contribution in [2.24, 2.45) is 28.4 Å². The van der Waals surface area contributed by atoms with Crippen LogP contribution in [0.5, 0.6) is 5.75 Å². The van der Waals surface area contributed by atoms with Gasteiger partial charge in [0.1, 0.15) is 41.5 Å². The molecule has 0 bridgehead atoms. The van der Waals surface area contributed by atoms with Crippen molar-refractivity contribution in [1.29, 1.82) is 0 Å². The monoisotopic (exact) mass is 688 g/mol. The molecule has 13 nitrogen and oxygen atoms in total. The van der Waals surface area contributed by atoms with E-state index in [0.717, 1.165) is 0 Å². The van der Waals surface area contributed by atoms with Crippen molar-refractivity contribution in [2.75, 3.05) is 6.61 Å². The van der Waals surface area contributed by atoms with Crippen molar-refractivity contribution in [2.45, 2.75) is 77.8 Å². The number of carbonyl (C=O) groups is 4. The van der Waals surface area contributed by atoms with Crippen LogP contribution in [0.1, 0.15) is 86.3 Å². The largest absolute Gasteiger partial charge is 0.482 e. The minimum absolute atomic E-state index is 0.0714. The third-order valence-electron chi connectivity index (χ3n) is 11.1. The fourth-order valence-corrected chi connectivity index (χ4v) is 8.81. The highest BCUT2D eigenvalue weighted by Gasteiger charge is 2.71. The quantitative estimate of drug-likeness (QED) is 0.266. The third-order valence-corrected chi connectivity index (χ3v) is 11.1. The van der Waals surface area contributed by atoms with Crippen LogP contribution in [0.4, 0.5) is 0 Å². The first-order valence-corrected chi connectivity index (χ1v) is 16.5. The van der Waals surface area contributed by atoms with Gasteiger partial charge in [-0.25, -0.2) is 9.59 Å². The van der Waals surface area contributed by atoms with Gasteiger partial charge in [0, 0.05) is 54.8 Å². The maximum atomic E-state index is 13.8. The van der Waals surface area contributed by atoms with Gasteiger partial charge in [0.2, 0.25) is 5.91 Å². The number of primary amides is 1. The molecular weight excluding hydrogens is 648 g/mol. The zero-order valence-corrected chi connectivity index (χ0v) is 28.5. The molecule has 2 aromatic heterocycles. The van der Waals surface area contributed by atoms with Gasteiger partial charge in [-0.3, -0.25) is 19.4 Å². The molecule has 1 aromatic carbocycles. The lowest BCUT2D eigenvalue weighted by Gasteiger charge is -2.66. The van der Waals surface area contributed by atoms with Gasteiger partial charge in [0.15, 0.2) is 0 Å². The molecule has 13 heteroatoms. The Morgan fingerprint density at radius 2 is 1.70 bits per heavy atom. The fourth-order valence-electron chi connectivity index (χ4n) is 8.81. The van der Waals surface area contributed by atoms with Gasteiger partial charge in [0.05, 0.1) is 11.7 Å². The number of benzene rings is 1. The Labute approximate surface area is 288 Å². The van der Waals surface area contributed by atoms with E-state index in [1.807, 2.05) is 13.8 Å². The topological polar surface area (TPSA) is 195 Å². The second kappa shape index (κ2) is 12.7. The predicted octanol–water partition coefficient (Wildman–Crippen LogP) is 4.15. The number of nitrogens with two attached hydrogens (primary N) is 1. The van der Waals surface area contributed by atoms with Crippen LogP contribution in [0.2, 0.25) is 0 Å². The van der Waals surface area contributed by atoms with Crippen molar-refractivity contribution in [1.82, 2.24) is 4.98 Å². The summed E-state index contributed by atoms with van der Waals surface area (Å²) >= 11 is 0. The van der Waals surface area contributed by atoms with E-state index in [9.17, 15) is 29.1 Å². The Bertz CT molecular complexity index is 1890. The molecule has 4 unspecified atom stereocenters. The maximum absolute atomic E-state index is 13.8. The van der Waals surface area contributed by atoms with Crippen LogP contribution < -0.4 is 16.1 Å². The summed E-state index contributed by atoms with van der Waals surface area (Å²) in [6.45, 7) is 8.05. The molecule has 6 rings (SSSR count). The highest BCUT2D eigenvalue weighted by Crippen LogP contribution is 2.67. The number of aliphatic hydroxyl groups is 1. The van der Waals surface area contributed by atoms with Crippen molar-refractivity contribution >= 4 is 23.8 Å². The van der Waals surface area contributed by atoms with Crippen molar-refractivity contribution < 1.29 is 47.6 Å². The zero-order chi connectivity index (χ0) is 36.2. The van der Waals surface area contributed by atoms with E-state index in [4.69, 9.17) is 29.1 Å². The second-order valence-electron chi connectivity index (χ2n) is 14.2. The minimum atomic E-state index is -1.44. The summed E-state index contributed by atoms with van der Waals surface area (Å²) in [6, 6.07) is 10.6. The normalized spacial score (nSPS) is 31.1. The molecular formula is C37H40N2O11. The molecule has 2 fully saturated rings. The average molecular weight is 689 g/mol. The molecule has 0 saturated heterocycles. The molecule has 0 spiro atoms. The smallest absolute Gasteiger partial charge is 0.345 e. The molecule has 2 saturated carbocycles. The highest BCUT2D eigenvalue weighted by atomic mass is 16.6. The molecule has 1 amide bonds. The number of fused-ring (bicyclic) bond motifs is 4. The Kier molecular flexibility index (Phi) is 8.83. The number of carbonyl (C=O) groups excluding carboxylic acids is 4. The number of aliphatic hydroxyl groups excluding tert-OH is 1. The fraction of sp³-hybridized carbons (Fsp3) is 0.459. The number of aromatic nitrogens is 1. The number of hydrogen-bond donors (Lipinski definition) is 2. The van der Waals surface area contributed by atoms with Gasteiger partial charge >= 0.3 is 23.5 Å². The molecule has 264 valence electrons. The first kappa shape index (κ1) is 34.8. The van der Waals surface area contributed by atoms with Gasteiger partial charge in [-0.1, -0.05) is 13.8 Å². The van der Waals surface area contributed by atoms with Gasteiger partial charge in [0.25, 0.3) is 0 Å². The Hall–Kier alpha value is -5.04. The van der Waals surface area contributed by atoms with Crippen LogP contribution >= 0.6 is 0 Å². The van der Waals surface area contributed by atoms with Crippen molar-refractivity contribution in [3.05, 3.63) is 82.0 Å². The van der Waals surface area contributed by atoms with Crippen LogP contribution in [-0.2, 0) is 23.8 Å². The summed E-state index contributed by atoms with van der Waals surface area (Å²) in [5, 5.41) is 12.3. The first-order valence-electron chi connectivity index (χ1n) is 16.5. The molecule has 3 aliphatic rings. The van der Waals surface area contributed by atoms with E-state index >= 15 is 0 Å². The van der Waals surface area contributed by atoms with E-state index in [1.54, 1.807) is 25.3 Å². The summed E-state index contributed by atoms with van der Waals surface area (Å²) < 4.78 is 30.1. The van der Waals surface area contributed by atoms with Gasteiger partial charge in [-0.05, 0) is 73.9 Å². The highest BCUT2D eigenvalue weighted by molar-refractivity contribution is 5.95. The first-order chi connectivity index (χ1) is 23.6. The second-order valence-corrected chi connectivity index (χ2v) is 14.2. The summed E-state index contributed by atoms with van der Waals surface area (Å²) in [4.78, 5) is 67.6. The number of pyridine rings is 1. The molecule has 0 radical (unpaired) electrons. The molecule has 1 aliphatic heterocycles. The molecule has 3 heterocycles. The number of amides is 1. The summed E-state index contributed by atoms with van der Waals surface area (Å²) in [5.74, 6) is -3.52. The van der Waals surface area contributed by atoms with Crippen LogP contribution in [0.15, 0.2) is 64.1 Å². The third kappa shape index (κ3) is 5.82. The van der Waals surface area contributed by atoms with E-state index in [0.29, 0.717) is 18.4 Å². The summed E-state index contributed by atoms with van der Waals surface area (Å²) in [6.07, 6.45) is 0.895. The van der Waals surface area contributed by atoms with Crippen LogP contribution in [0, 0.1) is 22.7 Å². The van der Waals surface area contributed by atoms with Crippen LogP contribution in [0.25, 0.3) is 11.3 Å². The number of esters is 3. The van der Waals surface area contributed by atoms with Crippen LogP contribution in [-0.4, -0.2) is 58.3 Å². The Morgan fingerprint density at radius 3 is 2.32 bits per heavy atom. The zero-order valence-electron chi connectivity index (χ0n) is 28.5. The van der Waals surface area contributed by atoms with Gasteiger partial charge < -0.3 is 34.2 Å². The lowest BCUT2D eigenvalue weighted by Crippen LogP contribution is -2.71. The van der Waals surface area contributed by atoms with Crippen molar-refractivity contribution in [3.63, 3.8) is 0 Å². The average Bonchev–Trinajstić information content (AvgIpc) is 3.06. The maximum Gasteiger partial charge on any atom is 0.345 e. The SMILES string of the molecule is CC(=O)OCC1(C)C(OC(C)=O)CC[C@@]2(C)C1C[C@H](OC(=O)c1ccc(C(N)=O)cc1)[C@@]1(C)Oc3cc(-c4cccnc4)oc(=O)c3[C@H](O)C21. The number of hydrogen-bond acceptors (Lipinski definition) is 12. The molecule has 8 atom stereocenters. The molecule has 3 aromatic rings. The lowest BCUT2D eigenvalue weighted by atomic mass is 9.42. The molecule has 50 heavy (non-hydrogen) atoms. The lowest BCUT2D eigenvalue weighted by molar-refractivity contribution is -0.266. The number of ether oxygens (including phenoxy) is 4. The Balaban J connectivity index is 1.49.